The van der Waals surface area contributed by atoms with Gasteiger partial charge < -0.3 is 14.6 Å². The predicted octanol–water partition coefficient (Wildman–Crippen LogP) is 1.87. The summed E-state index contributed by atoms with van der Waals surface area (Å²) in [6.07, 6.45) is 1.62. The third kappa shape index (κ3) is 3.61. The molecule has 0 spiro atoms. The van der Waals surface area contributed by atoms with Crippen LogP contribution in [-0.4, -0.2) is 11.8 Å². The van der Waals surface area contributed by atoms with E-state index in [-0.39, 0.29) is 6.61 Å². The molecule has 1 aromatic carbocycles. The second kappa shape index (κ2) is 6.42. The van der Waals surface area contributed by atoms with E-state index in [0.29, 0.717) is 18.8 Å². The first kappa shape index (κ1) is 12.1. The molecule has 18 heavy (non-hydrogen) atoms. The molecule has 0 unspecified atom stereocenters. The minimum atomic E-state index is 0.0644. The smallest absolute Gasteiger partial charge is 0.174 e. The third-order valence-corrected chi connectivity index (χ3v) is 2.32. The molecule has 2 rings (SSSR count). The lowest BCUT2D eigenvalue weighted by atomic mass is 10.2. The van der Waals surface area contributed by atoms with Crippen molar-refractivity contribution in [3.63, 3.8) is 0 Å². The molecule has 5 nitrogen and oxygen atoms in total. The first-order chi connectivity index (χ1) is 8.88. The molecule has 0 aliphatic heterocycles. The fraction of sp³-hybridized carbons (Fsp3) is 0.231. The van der Waals surface area contributed by atoms with Crippen LogP contribution in [0.15, 0.2) is 41.1 Å². The lowest BCUT2D eigenvalue weighted by Crippen LogP contribution is -2.12. The number of ether oxygens (including phenoxy) is 1. The lowest BCUT2D eigenvalue weighted by molar-refractivity contribution is 0.366. The Balaban J connectivity index is 1.83. The Bertz CT molecular complexity index is 517. The molecular formula is C13H13N3O2. The van der Waals surface area contributed by atoms with Gasteiger partial charge in [-0.05, 0) is 17.7 Å². The van der Waals surface area contributed by atoms with Gasteiger partial charge in [-0.2, -0.15) is 5.26 Å². The number of hydrogen-bond donors (Lipinski definition) is 1. The van der Waals surface area contributed by atoms with Crippen molar-refractivity contribution in [1.29, 1.82) is 5.26 Å². The number of aromatic nitrogens is 1. The summed E-state index contributed by atoms with van der Waals surface area (Å²) < 4.78 is 10.2. The highest BCUT2D eigenvalue weighted by atomic mass is 16.5. The first-order valence-corrected chi connectivity index (χ1v) is 5.57. The van der Waals surface area contributed by atoms with Crippen LogP contribution in [0.1, 0.15) is 11.3 Å². The Morgan fingerprint density at radius 2 is 2.28 bits per heavy atom. The van der Waals surface area contributed by atoms with Crippen molar-refractivity contribution in [3.05, 3.63) is 47.9 Å². The van der Waals surface area contributed by atoms with Crippen molar-refractivity contribution in [1.82, 2.24) is 10.5 Å². The van der Waals surface area contributed by atoms with Crippen LogP contribution in [0, 0.1) is 11.3 Å². The molecule has 0 aliphatic rings. The molecule has 0 aliphatic carbocycles. The molecule has 1 aromatic heterocycles. The zero-order valence-electron chi connectivity index (χ0n) is 9.80. The largest absolute Gasteiger partial charge is 0.479 e. The minimum Gasteiger partial charge on any atom is -0.479 e. The van der Waals surface area contributed by atoms with E-state index in [9.17, 15) is 0 Å². The van der Waals surface area contributed by atoms with Crippen molar-refractivity contribution in [3.8, 4) is 11.8 Å². The number of nitriles is 1. The van der Waals surface area contributed by atoms with Crippen LogP contribution >= 0.6 is 0 Å². The van der Waals surface area contributed by atoms with Gasteiger partial charge in [0, 0.05) is 12.6 Å². The van der Waals surface area contributed by atoms with E-state index in [0.717, 1.165) is 11.3 Å². The summed E-state index contributed by atoms with van der Waals surface area (Å²) in [7, 11) is 0. The van der Waals surface area contributed by atoms with Crippen LogP contribution in [0.3, 0.4) is 0 Å². The number of nitrogens with zero attached hydrogens (tertiary/aromatic N) is 2. The van der Waals surface area contributed by atoms with Crippen LogP contribution in [-0.2, 0) is 13.1 Å². The van der Waals surface area contributed by atoms with Crippen molar-refractivity contribution in [2.75, 3.05) is 6.61 Å². The van der Waals surface area contributed by atoms with E-state index in [1.54, 1.807) is 6.20 Å². The summed E-state index contributed by atoms with van der Waals surface area (Å²) in [4.78, 5) is 0. The summed E-state index contributed by atoms with van der Waals surface area (Å²) in [5.74, 6) is 1.50. The van der Waals surface area contributed by atoms with E-state index in [4.69, 9.17) is 14.5 Å². The van der Waals surface area contributed by atoms with E-state index >= 15 is 0 Å². The summed E-state index contributed by atoms with van der Waals surface area (Å²) in [5.41, 5.74) is 1.09. The SMILES string of the molecule is N#CCOc1cccc(CNCc2ccno2)c1. The Kier molecular flexibility index (Phi) is 4.33. The number of nitrogens with one attached hydrogen (secondary N) is 1. The highest BCUT2D eigenvalue weighted by molar-refractivity contribution is 5.28. The molecule has 1 heterocycles. The average molecular weight is 243 g/mol. The maximum Gasteiger partial charge on any atom is 0.174 e. The Hall–Kier alpha value is -2.32. The zero-order chi connectivity index (χ0) is 12.6. The summed E-state index contributed by atoms with van der Waals surface area (Å²) in [6, 6.07) is 11.4. The molecule has 0 saturated heterocycles. The van der Waals surface area contributed by atoms with E-state index in [2.05, 4.69) is 10.5 Å². The van der Waals surface area contributed by atoms with Crippen molar-refractivity contribution >= 4 is 0 Å². The van der Waals surface area contributed by atoms with Gasteiger partial charge in [0.1, 0.15) is 17.6 Å². The molecule has 0 atom stereocenters. The second-order valence-corrected chi connectivity index (χ2v) is 3.68. The van der Waals surface area contributed by atoms with Crippen LogP contribution in [0.2, 0.25) is 0 Å². The molecule has 0 saturated carbocycles. The van der Waals surface area contributed by atoms with Gasteiger partial charge in [-0.15, -0.1) is 0 Å². The van der Waals surface area contributed by atoms with E-state index in [1.807, 2.05) is 36.4 Å². The fourth-order valence-corrected chi connectivity index (χ4v) is 1.52. The Labute approximate surface area is 105 Å². The van der Waals surface area contributed by atoms with Gasteiger partial charge in [-0.3, -0.25) is 0 Å². The van der Waals surface area contributed by atoms with Crippen LogP contribution < -0.4 is 10.1 Å². The van der Waals surface area contributed by atoms with Gasteiger partial charge in [0.15, 0.2) is 6.61 Å². The molecule has 2 aromatic rings. The minimum absolute atomic E-state index is 0.0644. The Morgan fingerprint density at radius 3 is 3.06 bits per heavy atom. The Morgan fingerprint density at radius 1 is 1.33 bits per heavy atom. The van der Waals surface area contributed by atoms with Crippen LogP contribution in [0.4, 0.5) is 0 Å². The highest BCUT2D eigenvalue weighted by Gasteiger charge is 1.99. The van der Waals surface area contributed by atoms with Crippen molar-refractivity contribution < 1.29 is 9.26 Å². The van der Waals surface area contributed by atoms with Crippen molar-refractivity contribution in [2.45, 2.75) is 13.1 Å². The molecule has 0 bridgehead atoms. The molecule has 0 amide bonds. The molecule has 0 radical (unpaired) electrons. The second-order valence-electron chi connectivity index (χ2n) is 3.68. The zero-order valence-corrected chi connectivity index (χ0v) is 9.80. The number of rotatable bonds is 6. The predicted molar refractivity (Wildman–Crippen MR) is 64.6 cm³/mol. The quantitative estimate of drug-likeness (QED) is 0.838. The topological polar surface area (TPSA) is 71.1 Å². The molecular weight excluding hydrogens is 230 g/mol. The molecule has 1 N–H and O–H groups in total. The number of benzene rings is 1. The maximum atomic E-state index is 8.44. The van der Waals surface area contributed by atoms with E-state index in [1.165, 1.54) is 0 Å². The molecule has 0 fully saturated rings. The summed E-state index contributed by atoms with van der Waals surface area (Å²) >= 11 is 0. The molecule has 5 heteroatoms. The van der Waals surface area contributed by atoms with E-state index < -0.39 is 0 Å². The average Bonchev–Trinajstić information content (AvgIpc) is 2.90. The normalized spacial score (nSPS) is 9.94. The summed E-state index contributed by atoms with van der Waals surface area (Å²) in [5, 5.41) is 15.3. The van der Waals surface area contributed by atoms with Gasteiger partial charge in [-0.1, -0.05) is 17.3 Å². The maximum absolute atomic E-state index is 8.44. The van der Waals surface area contributed by atoms with Gasteiger partial charge in [0.25, 0.3) is 0 Å². The van der Waals surface area contributed by atoms with Gasteiger partial charge in [0.2, 0.25) is 0 Å². The van der Waals surface area contributed by atoms with Gasteiger partial charge in [-0.25, -0.2) is 0 Å². The standard InChI is InChI=1S/C13H13N3O2/c14-5-7-17-12-3-1-2-11(8-12)9-15-10-13-4-6-16-18-13/h1-4,6,8,15H,7,9-10H2. The first-order valence-electron chi connectivity index (χ1n) is 5.57. The number of hydrogen-bond acceptors (Lipinski definition) is 5. The van der Waals surface area contributed by atoms with Crippen LogP contribution in [0.5, 0.6) is 5.75 Å². The van der Waals surface area contributed by atoms with Gasteiger partial charge in [0.05, 0.1) is 12.7 Å². The lowest BCUT2D eigenvalue weighted by Gasteiger charge is -2.05. The third-order valence-electron chi connectivity index (χ3n) is 2.32. The fourth-order valence-electron chi connectivity index (χ4n) is 1.52. The summed E-state index contributed by atoms with van der Waals surface area (Å²) in [6.45, 7) is 1.39. The van der Waals surface area contributed by atoms with Gasteiger partial charge >= 0.3 is 0 Å². The molecule has 92 valence electrons. The monoisotopic (exact) mass is 243 g/mol. The highest BCUT2D eigenvalue weighted by Crippen LogP contribution is 2.13. The van der Waals surface area contributed by atoms with Crippen LogP contribution in [0.25, 0.3) is 0 Å². The van der Waals surface area contributed by atoms with Crippen molar-refractivity contribution in [2.24, 2.45) is 0 Å².